The molecule has 2 unspecified atom stereocenters. The monoisotopic (exact) mass is 215 g/mol. The molecule has 2 atom stereocenters. The van der Waals surface area contributed by atoms with Crippen molar-refractivity contribution in [2.45, 2.75) is 43.9 Å². The molecule has 2 nitrogen and oxygen atoms in total. The molecule has 2 fully saturated rings. The van der Waals surface area contributed by atoms with Gasteiger partial charge in [0.05, 0.1) is 6.10 Å². The van der Waals surface area contributed by atoms with Crippen LogP contribution in [0.1, 0.15) is 25.7 Å². The van der Waals surface area contributed by atoms with Crippen LogP contribution in [0.2, 0.25) is 0 Å². The molecule has 0 N–H and O–H groups in total. The Hall–Kier alpha value is -0.230. The zero-order valence-electron chi connectivity index (χ0n) is 8.61. The van der Waals surface area contributed by atoms with Gasteiger partial charge in [0.15, 0.2) is 0 Å². The third-order valence-electron chi connectivity index (χ3n) is 3.46. The molecule has 2 aliphatic rings. The third-order valence-corrected chi connectivity index (χ3v) is 3.46. The summed E-state index contributed by atoms with van der Waals surface area (Å²) in [5, 5.41) is 0. The molecule has 2 heterocycles. The standard InChI is InChI=1S/C11H17NO.ClH/c1-3-6-13-11-7-9-4-5-10(8-11)12(9)2;/h1,9-11H,4-8H2,2H3;1H. The predicted molar refractivity (Wildman–Crippen MR) is 59.6 cm³/mol. The maximum Gasteiger partial charge on any atom is 0.107 e. The fourth-order valence-corrected chi connectivity index (χ4v) is 2.66. The van der Waals surface area contributed by atoms with Crippen molar-refractivity contribution < 1.29 is 4.74 Å². The Labute approximate surface area is 92.4 Å². The molecule has 2 aliphatic heterocycles. The normalized spacial score (nSPS) is 36.1. The number of rotatable bonds is 2. The molecule has 0 aliphatic carbocycles. The Morgan fingerprint density at radius 3 is 2.43 bits per heavy atom. The van der Waals surface area contributed by atoms with Gasteiger partial charge in [0.1, 0.15) is 6.61 Å². The van der Waals surface area contributed by atoms with Crippen LogP contribution in [-0.4, -0.2) is 36.7 Å². The largest absolute Gasteiger partial charge is 0.365 e. The highest BCUT2D eigenvalue weighted by Crippen LogP contribution is 2.35. The van der Waals surface area contributed by atoms with E-state index in [0.29, 0.717) is 12.7 Å². The quantitative estimate of drug-likeness (QED) is 0.650. The van der Waals surface area contributed by atoms with Crippen molar-refractivity contribution in [3.63, 3.8) is 0 Å². The van der Waals surface area contributed by atoms with Crippen molar-refractivity contribution in [3.05, 3.63) is 0 Å². The summed E-state index contributed by atoms with van der Waals surface area (Å²) in [6, 6.07) is 1.50. The van der Waals surface area contributed by atoms with Crippen LogP contribution < -0.4 is 0 Å². The summed E-state index contributed by atoms with van der Waals surface area (Å²) in [5.74, 6) is 2.54. The third kappa shape index (κ3) is 2.23. The highest BCUT2D eigenvalue weighted by molar-refractivity contribution is 5.85. The first-order valence-corrected chi connectivity index (χ1v) is 5.08. The minimum atomic E-state index is 0. The smallest absolute Gasteiger partial charge is 0.107 e. The molecular weight excluding hydrogens is 198 g/mol. The number of hydrogen-bond acceptors (Lipinski definition) is 2. The Balaban J connectivity index is 0.000000980. The van der Waals surface area contributed by atoms with E-state index < -0.39 is 0 Å². The number of fused-ring (bicyclic) bond motifs is 2. The van der Waals surface area contributed by atoms with Gasteiger partial charge in [0.25, 0.3) is 0 Å². The van der Waals surface area contributed by atoms with Crippen molar-refractivity contribution in [2.24, 2.45) is 0 Å². The number of nitrogens with zero attached hydrogens (tertiary/aromatic N) is 1. The molecule has 0 spiro atoms. The van der Waals surface area contributed by atoms with Gasteiger partial charge in [-0.15, -0.1) is 18.8 Å². The first-order chi connectivity index (χ1) is 6.31. The molecule has 0 aromatic carbocycles. The van der Waals surface area contributed by atoms with Crippen LogP contribution in [0, 0.1) is 12.3 Å². The van der Waals surface area contributed by atoms with E-state index in [1.165, 1.54) is 25.7 Å². The van der Waals surface area contributed by atoms with Crippen molar-refractivity contribution in [1.82, 2.24) is 4.90 Å². The first-order valence-electron chi connectivity index (χ1n) is 5.08. The van der Waals surface area contributed by atoms with Crippen LogP contribution in [0.5, 0.6) is 0 Å². The van der Waals surface area contributed by atoms with E-state index in [2.05, 4.69) is 17.9 Å². The second-order valence-electron chi connectivity index (χ2n) is 4.16. The summed E-state index contributed by atoms with van der Waals surface area (Å²) < 4.78 is 5.60. The lowest BCUT2D eigenvalue weighted by Crippen LogP contribution is -2.42. The van der Waals surface area contributed by atoms with E-state index in [1.54, 1.807) is 0 Å². The van der Waals surface area contributed by atoms with Crippen LogP contribution in [0.25, 0.3) is 0 Å². The average Bonchev–Trinajstić information content (AvgIpc) is 2.41. The maximum atomic E-state index is 5.60. The molecule has 0 aromatic heterocycles. The molecule has 0 aromatic rings. The minimum Gasteiger partial charge on any atom is -0.365 e. The molecular formula is C11H18ClNO. The van der Waals surface area contributed by atoms with Gasteiger partial charge >= 0.3 is 0 Å². The van der Waals surface area contributed by atoms with Crippen LogP contribution in [0.3, 0.4) is 0 Å². The van der Waals surface area contributed by atoms with E-state index >= 15 is 0 Å². The van der Waals surface area contributed by atoms with E-state index in [-0.39, 0.29) is 12.4 Å². The van der Waals surface area contributed by atoms with Gasteiger partial charge in [-0.2, -0.15) is 0 Å². The molecule has 2 rings (SSSR count). The second-order valence-corrected chi connectivity index (χ2v) is 4.16. The number of terminal acetylenes is 1. The van der Waals surface area contributed by atoms with E-state index in [9.17, 15) is 0 Å². The molecule has 2 saturated heterocycles. The topological polar surface area (TPSA) is 12.5 Å². The van der Waals surface area contributed by atoms with Gasteiger partial charge in [0, 0.05) is 12.1 Å². The van der Waals surface area contributed by atoms with Crippen molar-refractivity contribution in [3.8, 4) is 12.3 Å². The van der Waals surface area contributed by atoms with Gasteiger partial charge < -0.3 is 9.64 Å². The lowest BCUT2D eigenvalue weighted by Gasteiger charge is -2.35. The zero-order valence-corrected chi connectivity index (χ0v) is 9.43. The van der Waals surface area contributed by atoms with Crippen molar-refractivity contribution in [2.75, 3.05) is 13.7 Å². The molecule has 14 heavy (non-hydrogen) atoms. The Kier molecular flexibility index (Phi) is 4.25. The SMILES string of the molecule is C#CCOC1CC2CCC(C1)N2C.Cl. The zero-order chi connectivity index (χ0) is 9.26. The first kappa shape index (κ1) is 11.8. The van der Waals surface area contributed by atoms with Gasteiger partial charge in [-0.05, 0) is 32.7 Å². The van der Waals surface area contributed by atoms with E-state index in [4.69, 9.17) is 11.2 Å². The summed E-state index contributed by atoms with van der Waals surface area (Å²) in [4.78, 5) is 2.51. The summed E-state index contributed by atoms with van der Waals surface area (Å²) in [5.41, 5.74) is 0. The summed E-state index contributed by atoms with van der Waals surface area (Å²) >= 11 is 0. The molecule has 0 saturated carbocycles. The predicted octanol–water partition coefficient (Wildman–Crippen LogP) is 1.68. The molecule has 80 valence electrons. The number of hydrogen-bond donors (Lipinski definition) is 0. The molecule has 0 radical (unpaired) electrons. The van der Waals surface area contributed by atoms with Gasteiger partial charge in [-0.25, -0.2) is 0 Å². The summed E-state index contributed by atoms with van der Waals surface area (Å²) in [6.45, 7) is 0.480. The highest BCUT2D eigenvalue weighted by atomic mass is 35.5. The maximum absolute atomic E-state index is 5.60. The molecule has 2 bridgehead atoms. The van der Waals surface area contributed by atoms with Crippen LogP contribution in [0.15, 0.2) is 0 Å². The van der Waals surface area contributed by atoms with E-state index in [0.717, 1.165) is 12.1 Å². The minimum absolute atomic E-state index is 0. The highest BCUT2D eigenvalue weighted by Gasteiger charge is 2.38. The number of halogens is 1. The Morgan fingerprint density at radius 1 is 1.36 bits per heavy atom. The summed E-state index contributed by atoms with van der Waals surface area (Å²) in [6.07, 6.45) is 10.6. The summed E-state index contributed by atoms with van der Waals surface area (Å²) in [7, 11) is 2.24. The van der Waals surface area contributed by atoms with Gasteiger partial charge in [-0.3, -0.25) is 0 Å². The fraction of sp³-hybridized carbons (Fsp3) is 0.818. The lowest BCUT2D eigenvalue weighted by atomic mass is 10.0. The van der Waals surface area contributed by atoms with Crippen LogP contribution in [-0.2, 0) is 4.74 Å². The van der Waals surface area contributed by atoms with Crippen LogP contribution in [0.4, 0.5) is 0 Å². The number of ether oxygens (including phenoxy) is 1. The number of piperidine rings is 1. The van der Waals surface area contributed by atoms with E-state index in [1.807, 2.05) is 0 Å². The Bertz CT molecular complexity index is 212. The van der Waals surface area contributed by atoms with Crippen molar-refractivity contribution in [1.29, 1.82) is 0 Å². The molecule has 3 heteroatoms. The van der Waals surface area contributed by atoms with Gasteiger partial charge in [0.2, 0.25) is 0 Å². The van der Waals surface area contributed by atoms with Crippen molar-refractivity contribution >= 4 is 12.4 Å². The molecule has 0 amide bonds. The fourth-order valence-electron chi connectivity index (χ4n) is 2.66. The Morgan fingerprint density at radius 2 is 1.93 bits per heavy atom. The van der Waals surface area contributed by atoms with Crippen LogP contribution >= 0.6 is 12.4 Å². The average molecular weight is 216 g/mol. The van der Waals surface area contributed by atoms with Gasteiger partial charge in [-0.1, -0.05) is 5.92 Å². The second kappa shape index (κ2) is 5.02. The lowest BCUT2D eigenvalue weighted by molar-refractivity contribution is 0.00228.